The van der Waals surface area contributed by atoms with Gasteiger partial charge in [0.1, 0.15) is 35.6 Å². The van der Waals surface area contributed by atoms with Crippen LogP contribution in [0.15, 0.2) is 12.5 Å². The minimum Gasteiger partial charge on any atom is -0.394 e. The van der Waals surface area contributed by atoms with Gasteiger partial charge in [0.2, 0.25) is 5.91 Å². The first-order valence-corrected chi connectivity index (χ1v) is 8.27. The number of nitrogens with two attached hydrogens (primary N) is 1. The number of hydrogen-bond donors (Lipinski definition) is 5. The second kappa shape index (κ2) is 6.47. The molecule has 0 bridgehead atoms. The van der Waals surface area contributed by atoms with Gasteiger partial charge < -0.3 is 35.7 Å². The molecule has 0 aliphatic carbocycles. The Hall–Kier alpha value is -2.27. The molecule has 0 radical (unpaired) electrons. The number of rotatable bonds is 4. The molecule has 1 aliphatic heterocycles. The molecule has 0 unspecified atom stereocenters. The molecule has 0 spiro atoms. The molecule has 142 valence electrons. The van der Waals surface area contributed by atoms with Gasteiger partial charge >= 0.3 is 0 Å². The molecule has 3 heterocycles. The summed E-state index contributed by atoms with van der Waals surface area (Å²) in [5, 5.41) is 33.5. The smallest absolute Gasteiger partial charge is 0.226 e. The van der Waals surface area contributed by atoms with Crippen molar-refractivity contribution in [3.8, 4) is 0 Å². The number of aliphatic hydroxyl groups excluding tert-OH is 2. The Morgan fingerprint density at radius 1 is 1.50 bits per heavy atom. The van der Waals surface area contributed by atoms with Crippen molar-refractivity contribution in [1.82, 2.24) is 14.5 Å². The predicted octanol–water partition coefficient (Wildman–Crippen LogP) is -0.390. The topological polar surface area (TPSA) is 156 Å². The van der Waals surface area contributed by atoms with Crippen LogP contribution in [0, 0.1) is 5.92 Å². The number of hydrogen-bond acceptors (Lipinski definition) is 8. The highest BCUT2D eigenvalue weighted by molar-refractivity contribution is 6.05. The largest absolute Gasteiger partial charge is 0.394 e. The van der Waals surface area contributed by atoms with E-state index in [0.29, 0.717) is 16.7 Å². The molecule has 6 N–H and O–H groups in total. The molecule has 1 aliphatic rings. The van der Waals surface area contributed by atoms with E-state index in [1.807, 2.05) is 0 Å². The SMILES string of the molecule is CC(C)C(=O)Nc1cn([C@@H]2O[C@H](CO)[C@@H](O)[C@]2(C)O)c2ncnc(N)c12. The number of nitrogen functional groups attached to an aromatic ring is 1. The Balaban J connectivity index is 2.13. The highest BCUT2D eigenvalue weighted by atomic mass is 16.6. The van der Waals surface area contributed by atoms with E-state index in [0.717, 1.165) is 0 Å². The Kier molecular flexibility index (Phi) is 4.61. The summed E-state index contributed by atoms with van der Waals surface area (Å²) in [5.41, 5.74) is 4.96. The average molecular weight is 365 g/mol. The first kappa shape index (κ1) is 18.5. The first-order valence-electron chi connectivity index (χ1n) is 8.27. The van der Waals surface area contributed by atoms with Gasteiger partial charge in [0, 0.05) is 12.1 Å². The summed E-state index contributed by atoms with van der Waals surface area (Å²) in [6, 6.07) is 0. The van der Waals surface area contributed by atoms with Crippen LogP contribution in [0.1, 0.15) is 27.0 Å². The van der Waals surface area contributed by atoms with E-state index in [1.165, 1.54) is 24.0 Å². The van der Waals surface area contributed by atoms with E-state index < -0.39 is 30.6 Å². The van der Waals surface area contributed by atoms with Crippen molar-refractivity contribution in [2.75, 3.05) is 17.7 Å². The third-order valence-electron chi connectivity index (χ3n) is 4.61. The summed E-state index contributed by atoms with van der Waals surface area (Å²) in [4.78, 5) is 20.3. The van der Waals surface area contributed by atoms with Crippen LogP contribution in [0.4, 0.5) is 11.5 Å². The summed E-state index contributed by atoms with van der Waals surface area (Å²) >= 11 is 0. The summed E-state index contributed by atoms with van der Waals surface area (Å²) in [6.07, 6.45) is -0.521. The Bertz CT molecular complexity index is 834. The van der Waals surface area contributed by atoms with E-state index in [-0.39, 0.29) is 17.6 Å². The molecule has 0 saturated carbocycles. The number of fused-ring (bicyclic) bond motifs is 1. The van der Waals surface area contributed by atoms with Crippen molar-refractivity contribution < 1.29 is 24.9 Å². The highest BCUT2D eigenvalue weighted by Gasteiger charge is 2.53. The quantitative estimate of drug-likeness (QED) is 0.490. The lowest BCUT2D eigenvalue weighted by Crippen LogP contribution is -2.44. The zero-order valence-electron chi connectivity index (χ0n) is 14.7. The van der Waals surface area contributed by atoms with Crippen LogP contribution in [-0.2, 0) is 9.53 Å². The van der Waals surface area contributed by atoms with Gasteiger partial charge in [-0.25, -0.2) is 9.97 Å². The molecular weight excluding hydrogens is 342 g/mol. The van der Waals surface area contributed by atoms with Crippen LogP contribution in [-0.4, -0.2) is 60.2 Å². The van der Waals surface area contributed by atoms with E-state index >= 15 is 0 Å². The fourth-order valence-electron chi connectivity index (χ4n) is 3.05. The Morgan fingerprint density at radius 3 is 2.77 bits per heavy atom. The van der Waals surface area contributed by atoms with Crippen LogP contribution in [0.2, 0.25) is 0 Å². The van der Waals surface area contributed by atoms with Gasteiger partial charge in [-0.2, -0.15) is 0 Å². The van der Waals surface area contributed by atoms with Crippen LogP contribution in [0.3, 0.4) is 0 Å². The highest BCUT2D eigenvalue weighted by Crippen LogP contribution is 2.41. The van der Waals surface area contributed by atoms with Crippen LogP contribution in [0.5, 0.6) is 0 Å². The van der Waals surface area contributed by atoms with Crippen molar-refractivity contribution in [2.45, 2.75) is 44.8 Å². The summed E-state index contributed by atoms with van der Waals surface area (Å²) in [7, 11) is 0. The van der Waals surface area contributed by atoms with Gasteiger partial charge in [0.05, 0.1) is 17.7 Å². The molecule has 2 aromatic heterocycles. The van der Waals surface area contributed by atoms with Crippen molar-refractivity contribution in [1.29, 1.82) is 0 Å². The number of amides is 1. The predicted molar refractivity (Wildman–Crippen MR) is 93.0 cm³/mol. The number of ether oxygens (including phenoxy) is 1. The van der Waals surface area contributed by atoms with E-state index in [2.05, 4.69) is 15.3 Å². The molecule has 0 aromatic carbocycles. The second-order valence-corrected chi connectivity index (χ2v) is 6.93. The lowest BCUT2D eigenvalue weighted by molar-refractivity contribution is -0.118. The zero-order valence-corrected chi connectivity index (χ0v) is 14.7. The maximum absolute atomic E-state index is 12.1. The fraction of sp³-hybridized carbons (Fsp3) is 0.562. The summed E-state index contributed by atoms with van der Waals surface area (Å²) < 4.78 is 7.11. The monoisotopic (exact) mass is 365 g/mol. The minimum atomic E-state index is -1.70. The van der Waals surface area contributed by atoms with Gasteiger partial charge in [-0.3, -0.25) is 4.79 Å². The van der Waals surface area contributed by atoms with E-state index in [4.69, 9.17) is 10.5 Å². The van der Waals surface area contributed by atoms with Crippen LogP contribution >= 0.6 is 0 Å². The number of aliphatic hydroxyl groups is 3. The van der Waals surface area contributed by atoms with Crippen LogP contribution < -0.4 is 11.1 Å². The maximum atomic E-state index is 12.1. The second-order valence-electron chi connectivity index (χ2n) is 6.93. The molecule has 1 saturated heterocycles. The average Bonchev–Trinajstić information content (AvgIpc) is 3.04. The number of nitrogens with zero attached hydrogens (tertiary/aromatic N) is 3. The summed E-state index contributed by atoms with van der Waals surface area (Å²) in [5.74, 6) is -0.324. The number of carbonyl (C=O) groups excluding carboxylic acids is 1. The zero-order chi connectivity index (χ0) is 19.2. The lowest BCUT2D eigenvalue weighted by atomic mass is 9.96. The summed E-state index contributed by atoms with van der Waals surface area (Å²) in [6.45, 7) is 4.45. The van der Waals surface area contributed by atoms with Gasteiger partial charge in [-0.05, 0) is 6.92 Å². The Morgan fingerprint density at radius 2 is 2.19 bits per heavy atom. The number of carbonyl (C=O) groups is 1. The molecule has 10 heteroatoms. The fourth-order valence-corrected chi connectivity index (χ4v) is 3.05. The van der Waals surface area contributed by atoms with Crippen molar-refractivity contribution in [3.63, 3.8) is 0 Å². The molecule has 1 amide bonds. The normalized spacial score (nSPS) is 28.8. The van der Waals surface area contributed by atoms with Crippen LogP contribution in [0.25, 0.3) is 11.0 Å². The molecule has 1 fully saturated rings. The molecule has 4 atom stereocenters. The molecule has 10 nitrogen and oxygen atoms in total. The lowest BCUT2D eigenvalue weighted by Gasteiger charge is -2.27. The number of nitrogens with one attached hydrogen (secondary N) is 1. The number of aromatic nitrogens is 3. The van der Waals surface area contributed by atoms with Gasteiger partial charge in [-0.15, -0.1) is 0 Å². The van der Waals surface area contributed by atoms with E-state index in [1.54, 1.807) is 13.8 Å². The van der Waals surface area contributed by atoms with Gasteiger partial charge in [0.25, 0.3) is 0 Å². The van der Waals surface area contributed by atoms with Gasteiger partial charge in [0.15, 0.2) is 6.23 Å². The first-order chi connectivity index (χ1) is 12.2. The molecular formula is C16H23N5O5. The number of anilines is 2. The maximum Gasteiger partial charge on any atom is 0.226 e. The minimum absolute atomic E-state index is 0.157. The third kappa shape index (κ3) is 2.80. The molecule has 26 heavy (non-hydrogen) atoms. The van der Waals surface area contributed by atoms with Crippen molar-refractivity contribution in [2.24, 2.45) is 5.92 Å². The molecule has 3 rings (SSSR count). The van der Waals surface area contributed by atoms with Crippen molar-refractivity contribution in [3.05, 3.63) is 12.5 Å². The van der Waals surface area contributed by atoms with E-state index in [9.17, 15) is 20.1 Å². The van der Waals surface area contributed by atoms with Gasteiger partial charge in [-0.1, -0.05) is 13.8 Å². The Labute approximate surface area is 149 Å². The molecule has 2 aromatic rings. The third-order valence-corrected chi connectivity index (χ3v) is 4.61. The van der Waals surface area contributed by atoms with Crippen molar-refractivity contribution >= 4 is 28.4 Å². The standard InChI is InChI=1S/C16H23N5O5/c1-7(2)14(24)20-8-4-21(13-10(8)12(17)18-6-19-13)15-16(3,25)11(23)9(5-22)26-15/h4,6-7,9,11,15,22-23,25H,5H2,1-3H3,(H,20,24)(H2,17,18,19)/t9-,11-,15-,16+/m1/s1.